The molecule has 1 aromatic carbocycles. The molecule has 3 rings (SSSR count). The molecule has 1 amide bonds. The van der Waals surface area contributed by atoms with Crippen molar-refractivity contribution in [2.75, 3.05) is 26.5 Å². The van der Waals surface area contributed by atoms with Gasteiger partial charge in [0.15, 0.2) is 0 Å². The van der Waals surface area contributed by atoms with Gasteiger partial charge >= 0.3 is 5.97 Å². The maximum atomic E-state index is 12.8. The third-order valence-corrected chi connectivity index (χ3v) is 5.73. The van der Waals surface area contributed by atoms with Gasteiger partial charge in [0.2, 0.25) is 15.0 Å². The molecule has 0 unspecified atom stereocenters. The van der Waals surface area contributed by atoms with Crippen molar-refractivity contribution in [1.29, 1.82) is 0 Å². The lowest BCUT2D eigenvalue weighted by Crippen LogP contribution is -2.31. The summed E-state index contributed by atoms with van der Waals surface area (Å²) in [5, 5.41) is -0.106. The van der Waals surface area contributed by atoms with Crippen LogP contribution in [-0.4, -0.2) is 61.7 Å². The van der Waals surface area contributed by atoms with E-state index in [9.17, 15) is 18.0 Å². The monoisotopic (exact) mass is 473 g/mol. The molecule has 0 spiro atoms. The lowest BCUT2D eigenvalue weighted by Gasteiger charge is -2.14. The highest BCUT2D eigenvalue weighted by atomic mass is 35.5. The minimum absolute atomic E-state index is 0.0202. The SMILES string of the molecule is CCOC(=O)CN1Cc2c(nc(S(C)(=O)=O)nc2-c2cc(OC)c(Cl)cc2Cl)C1=O. The van der Waals surface area contributed by atoms with Crippen molar-refractivity contribution in [1.82, 2.24) is 14.9 Å². The van der Waals surface area contributed by atoms with Gasteiger partial charge in [-0.1, -0.05) is 23.2 Å². The summed E-state index contributed by atoms with van der Waals surface area (Å²) in [5.41, 5.74) is 0.671. The molecule has 0 fully saturated rings. The molecule has 0 aliphatic carbocycles. The lowest BCUT2D eigenvalue weighted by molar-refractivity contribution is -0.143. The molecule has 0 saturated heterocycles. The number of aromatic nitrogens is 2. The van der Waals surface area contributed by atoms with Crippen molar-refractivity contribution in [2.24, 2.45) is 0 Å². The Hall–Kier alpha value is -2.43. The maximum Gasteiger partial charge on any atom is 0.325 e. The maximum absolute atomic E-state index is 12.8. The summed E-state index contributed by atoms with van der Waals surface area (Å²) in [5.74, 6) is -0.914. The first-order chi connectivity index (χ1) is 14.1. The van der Waals surface area contributed by atoms with E-state index in [0.717, 1.165) is 6.26 Å². The highest BCUT2D eigenvalue weighted by molar-refractivity contribution is 7.90. The zero-order valence-electron chi connectivity index (χ0n) is 16.2. The molecular formula is C18H17Cl2N3O6S. The number of benzene rings is 1. The van der Waals surface area contributed by atoms with Crippen LogP contribution in [0.15, 0.2) is 17.3 Å². The molecule has 2 heterocycles. The van der Waals surface area contributed by atoms with Crippen LogP contribution in [-0.2, 0) is 25.9 Å². The van der Waals surface area contributed by atoms with Crippen molar-refractivity contribution in [3.05, 3.63) is 33.4 Å². The molecule has 1 aliphatic rings. The van der Waals surface area contributed by atoms with E-state index in [0.29, 0.717) is 11.1 Å². The summed E-state index contributed by atoms with van der Waals surface area (Å²) < 4.78 is 34.4. The van der Waals surface area contributed by atoms with Crippen LogP contribution in [0.3, 0.4) is 0 Å². The fourth-order valence-corrected chi connectivity index (χ4v) is 4.01. The van der Waals surface area contributed by atoms with Crippen molar-refractivity contribution < 1.29 is 27.5 Å². The first-order valence-corrected chi connectivity index (χ1v) is 11.3. The average Bonchev–Trinajstić information content (AvgIpc) is 2.97. The number of carbonyl (C=O) groups excluding carboxylic acids is 2. The summed E-state index contributed by atoms with van der Waals surface area (Å²) in [6.45, 7) is 1.48. The van der Waals surface area contributed by atoms with Crippen molar-refractivity contribution in [3.8, 4) is 17.0 Å². The Labute approximate surface area is 182 Å². The highest BCUT2D eigenvalue weighted by Gasteiger charge is 2.36. The number of halogens is 2. The smallest absolute Gasteiger partial charge is 0.325 e. The summed E-state index contributed by atoms with van der Waals surface area (Å²) >= 11 is 12.4. The number of fused-ring (bicyclic) bond motifs is 1. The summed E-state index contributed by atoms with van der Waals surface area (Å²) in [6.07, 6.45) is 0.929. The van der Waals surface area contributed by atoms with Gasteiger partial charge in [0, 0.05) is 17.4 Å². The molecule has 30 heavy (non-hydrogen) atoms. The van der Waals surface area contributed by atoms with Crippen molar-refractivity contribution in [3.63, 3.8) is 0 Å². The molecule has 160 valence electrons. The standard InChI is InChI=1S/C18H17Cl2N3O6S/c1-4-29-14(24)8-23-7-10-15(9-5-13(28-2)12(20)6-11(9)19)21-18(30(3,26)27)22-16(10)17(23)25/h5-6H,4,7-8H2,1-3H3. The Morgan fingerprint density at radius 2 is 1.87 bits per heavy atom. The second-order valence-electron chi connectivity index (χ2n) is 6.39. The Morgan fingerprint density at radius 3 is 2.47 bits per heavy atom. The minimum Gasteiger partial charge on any atom is -0.495 e. The largest absolute Gasteiger partial charge is 0.495 e. The van der Waals surface area contributed by atoms with Gasteiger partial charge in [-0.15, -0.1) is 0 Å². The third-order valence-electron chi connectivity index (χ3n) is 4.28. The van der Waals surface area contributed by atoms with Crippen molar-refractivity contribution >= 4 is 44.9 Å². The Kier molecular flexibility index (Phi) is 6.21. The first-order valence-electron chi connectivity index (χ1n) is 8.66. The molecule has 1 aromatic heterocycles. The third kappa shape index (κ3) is 4.21. The average molecular weight is 474 g/mol. The number of hydrogen-bond acceptors (Lipinski definition) is 8. The van der Waals surface area contributed by atoms with Gasteiger partial charge in [0.25, 0.3) is 5.91 Å². The molecular weight excluding hydrogens is 457 g/mol. The number of ether oxygens (including phenoxy) is 2. The summed E-state index contributed by atoms with van der Waals surface area (Å²) in [4.78, 5) is 34.0. The van der Waals surface area contributed by atoms with Crippen LogP contribution < -0.4 is 4.74 Å². The van der Waals surface area contributed by atoms with Gasteiger partial charge in [-0.2, -0.15) is 0 Å². The quantitative estimate of drug-likeness (QED) is 0.463. The van der Waals surface area contributed by atoms with E-state index in [1.54, 1.807) is 6.92 Å². The van der Waals surface area contributed by atoms with E-state index in [1.807, 2.05) is 0 Å². The van der Waals surface area contributed by atoms with Crippen LogP contribution in [0.4, 0.5) is 0 Å². The molecule has 2 aromatic rings. The van der Waals surface area contributed by atoms with Crippen LogP contribution in [0.25, 0.3) is 11.3 Å². The molecule has 0 bridgehead atoms. The molecule has 12 heteroatoms. The number of sulfone groups is 1. The van der Waals surface area contributed by atoms with Gasteiger partial charge in [-0.05, 0) is 19.1 Å². The second-order valence-corrected chi connectivity index (χ2v) is 9.11. The van der Waals surface area contributed by atoms with Crippen LogP contribution in [0.1, 0.15) is 23.0 Å². The zero-order chi connectivity index (χ0) is 22.2. The zero-order valence-corrected chi connectivity index (χ0v) is 18.6. The topological polar surface area (TPSA) is 116 Å². The van der Waals surface area contributed by atoms with E-state index in [2.05, 4.69) is 9.97 Å². The molecule has 0 saturated carbocycles. The van der Waals surface area contributed by atoms with Gasteiger partial charge in [-0.3, -0.25) is 9.59 Å². The Bertz CT molecular complexity index is 1150. The molecule has 1 aliphatic heterocycles. The van der Waals surface area contributed by atoms with E-state index in [-0.39, 0.29) is 46.9 Å². The second kappa shape index (κ2) is 8.37. The Balaban J connectivity index is 2.20. The summed E-state index contributed by atoms with van der Waals surface area (Å²) in [7, 11) is -2.44. The van der Waals surface area contributed by atoms with Crippen LogP contribution >= 0.6 is 23.2 Å². The first kappa shape index (κ1) is 22.3. The van der Waals surface area contributed by atoms with E-state index >= 15 is 0 Å². The minimum atomic E-state index is -3.85. The number of amides is 1. The summed E-state index contributed by atoms with van der Waals surface area (Å²) in [6, 6.07) is 2.93. The number of methoxy groups -OCH3 is 1. The van der Waals surface area contributed by atoms with Gasteiger partial charge < -0.3 is 14.4 Å². The number of hydrogen-bond donors (Lipinski definition) is 0. The predicted molar refractivity (Wildman–Crippen MR) is 109 cm³/mol. The normalized spacial score (nSPS) is 13.4. The molecule has 9 nitrogen and oxygen atoms in total. The van der Waals surface area contributed by atoms with E-state index in [4.69, 9.17) is 32.7 Å². The Morgan fingerprint density at radius 1 is 1.20 bits per heavy atom. The lowest BCUT2D eigenvalue weighted by atomic mass is 10.1. The molecule has 0 atom stereocenters. The van der Waals surface area contributed by atoms with Gasteiger partial charge in [0.1, 0.15) is 18.0 Å². The van der Waals surface area contributed by atoms with Gasteiger partial charge in [0.05, 0.1) is 36.0 Å². The molecule has 0 N–H and O–H groups in total. The predicted octanol–water partition coefficient (Wildman–Crippen LogP) is 2.38. The van der Waals surface area contributed by atoms with E-state index in [1.165, 1.54) is 24.1 Å². The fourth-order valence-electron chi connectivity index (χ4n) is 2.95. The van der Waals surface area contributed by atoms with Crippen LogP contribution in [0.2, 0.25) is 10.0 Å². The number of carbonyl (C=O) groups is 2. The fraction of sp³-hybridized carbons (Fsp3) is 0.333. The number of rotatable bonds is 6. The number of esters is 1. The van der Waals surface area contributed by atoms with E-state index < -0.39 is 26.9 Å². The van der Waals surface area contributed by atoms with Crippen LogP contribution in [0.5, 0.6) is 5.75 Å². The number of nitrogens with zero attached hydrogens (tertiary/aromatic N) is 3. The van der Waals surface area contributed by atoms with Gasteiger partial charge in [-0.25, -0.2) is 18.4 Å². The van der Waals surface area contributed by atoms with Crippen LogP contribution in [0, 0.1) is 0 Å². The highest BCUT2D eigenvalue weighted by Crippen LogP contribution is 2.39. The molecule has 0 radical (unpaired) electrons. The van der Waals surface area contributed by atoms with Crippen molar-refractivity contribution in [2.45, 2.75) is 18.6 Å².